The van der Waals surface area contributed by atoms with Gasteiger partial charge >= 0.3 is 0 Å². The van der Waals surface area contributed by atoms with Crippen LogP contribution in [-0.4, -0.2) is 48.3 Å². The number of hydrogen-bond acceptors (Lipinski definition) is 4. The molecule has 6 heteroatoms. The standard InChI is InChI=1S/C28H38BrN3O2/c1-27(2,3)21-13-19(14-22(25(21)34)28(4,5)6)23(33)17-32-16-20(15-30-7)24(26(32)31-29)18-11-9-8-10-12-18/h8-14,20,24,30,34H,15-17H2,1-7H3/b31-26-/t20-,24+/m0/s1. The second kappa shape index (κ2) is 10.2. The van der Waals surface area contributed by atoms with Crippen molar-refractivity contribution in [3.8, 4) is 5.75 Å². The number of hydrogen-bond donors (Lipinski definition) is 2. The minimum Gasteiger partial charge on any atom is -0.507 e. The summed E-state index contributed by atoms with van der Waals surface area (Å²) in [5.41, 5.74) is 2.86. The van der Waals surface area contributed by atoms with E-state index in [1.807, 2.05) is 37.4 Å². The van der Waals surface area contributed by atoms with Gasteiger partial charge in [0.1, 0.15) is 11.6 Å². The second-order valence-corrected chi connectivity index (χ2v) is 11.7. The van der Waals surface area contributed by atoms with Crippen LogP contribution in [0.2, 0.25) is 0 Å². The van der Waals surface area contributed by atoms with Crippen molar-refractivity contribution in [2.24, 2.45) is 9.94 Å². The van der Waals surface area contributed by atoms with Crippen LogP contribution in [-0.2, 0) is 10.8 Å². The van der Waals surface area contributed by atoms with E-state index in [4.69, 9.17) is 0 Å². The molecule has 5 nitrogen and oxygen atoms in total. The Morgan fingerprint density at radius 3 is 2.12 bits per heavy atom. The van der Waals surface area contributed by atoms with Crippen molar-refractivity contribution in [2.45, 2.75) is 58.3 Å². The molecule has 0 radical (unpaired) electrons. The van der Waals surface area contributed by atoms with Gasteiger partial charge in [-0.3, -0.25) is 4.79 Å². The molecule has 0 saturated carbocycles. The first kappa shape index (κ1) is 26.4. The lowest BCUT2D eigenvalue weighted by Gasteiger charge is -2.28. The first-order valence-corrected chi connectivity index (χ1v) is 12.6. The highest BCUT2D eigenvalue weighted by atomic mass is 79.9. The van der Waals surface area contributed by atoms with Gasteiger partial charge in [-0.25, -0.2) is 0 Å². The van der Waals surface area contributed by atoms with Gasteiger partial charge in [-0.2, -0.15) is 4.02 Å². The van der Waals surface area contributed by atoms with E-state index in [1.165, 1.54) is 5.56 Å². The van der Waals surface area contributed by atoms with Crippen LogP contribution in [0.1, 0.15) is 74.5 Å². The maximum atomic E-state index is 13.6. The molecule has 0 unspecified atom stereocenters. The van der Waals surface area contributed by atoms with Gasteiger partial charge in [0.15, 0.2) is 5.78 Å². The summed E-state index contributed by atoms with van der Waals surface area (Å²) in [6.45, 7) is 14.2. The predicted molar refractivity (Wildman–Crippen MR) is 144 cm³/mol. The molecule has 34 heavy (non-hydrogen) atoms. The first-order valence-electron chi connectivity index (χ1n) is 11.9. The van der Waals surface area contributed by atoms with Crippen LogP contribution in [0.4, 0.5) is 0 Å². The number of nitrogens with zero attached hydrogens (tertiary/aromatic N) is 2. The number of rotatable bonds is 6. The zero-order chi connectivity index (χ0) is 25.3. The van der Waals surface area contributed by atoms with Crippen molar-refractivity contribution in [3.63, 3.8) is 0 Å². The lowest BCUT2D eigenvalue weighted by molar-refractivity contribution is 0.0963. The van der Waals surface area contributed by atoms with Crippen LogP contribution < -0.4 is 5.32 Å². The molecule has 3 rings (SSSR count). The smallest absolute Gasteiger partial charge is 0.182 e. The Labute approximate surface area is 213 Å². The highest BCUT2D eigenvalue weighted by Gasteiger charge is 2.40. The third kappa shape index (κ3) is 5.55. The highest BCUT2D eigenvalue weighted by Crippen LogP contribution is 2.40. The number of ketones is 1. The Balaban J connectivity index is 1.97. The maximum Gasteiger partial charge on any atom is 0.182 e. The number of halogens is 1. The van der Waals surface area contributed by atoms with Crippen molar-refractivity contribution >= 4 is 27.8 Å². The third-order valence-electron chi connectivity index (χ3n) is 6.62. The number of phenolic OH excluding ortho intramolecular Hbond substituents is 1. The van der Waals surface area contributed by atoms with Gasteiger partial charge in [0.2, 0.25) is 0 Å². The molecule has 2 aromatic carbocycles. The number of aromatic hydroxyl groups is 1. The van der Waals surface area contributed by atoms with Gasteiger partial charge in [-0.05, 0) is 35.6 Å². The number of benzene rings is 2. The number of phenols is 1. The molecule has 2 atom stereocenters. The van der Waals surface area contributed by atoms with E-state index < -0.39 is 0 Å². The van der Waals surface area contributed by atoms with Crippen LogP contribution >= 0.6 is 16.1 Å². The van der Waals surface area contributed by atoms with Crippen LogP contribution in [0, 0.1) is 5.92 Å². The van der Waals surface area contributed by atoms with Crippen LogP contribution in [0.25, 0.3) is 0 Å². The minimum absolute atomic E-state index is 0.0292. The van der Waals surface area contributed by atoms with Gasteiger partial charge in [-0.1, -0.05) is 71.9 Å². The van der Waals surface area contributed by atoms with E-state index in [0.717, 1.165) is 30.1 Å². The van der Waals surface area contributed by atoms with Gasteiger partial charge in [0.25, 0.3) is 0 Å². The number of amidine groups is 1. The highest BCUT2D eigenvalue weighted by molar-refractivity contribution is 9.08. The molecule has 184 valence electrons. The van der Waals surface area contributed by atoms with Crippen LogP contribution in [0.5, 0.6) is 5.75 Å². The summed E-state index contributed by atoms with van der Waals surface area (Å²) in [5.74, 6) is 1.61. The van der Waals surface area contributed by atoms with E-state index >= 15 is 0 Å². The first-order chi connectivity index (χ1) is 15.9. The summed E-state index contributed by atoms with van der Waals surface area (Å²) >= 11 is 3.35. The summed E-state index contributed by atoms with van der Waals surface area (Å²) in [5, 5.41) is 14.3. The van der Waals surface area contributed by atoms with Crippen molar-refractivity contribution in [2.75, 3.05) is 26.7 Å². The largest absolute Gasteiger partial charge is 0.507 e. The molecule has 1 aliphatic heterocycles. The summed E-state index contributed by atoms with van der Waals surface area (Å²) in [6.07, 6.45) is 0. The molecular formula is C28H38BrN3O2. The summed E-state index contributed by atoms with van der Waals surface area (Å²) in [6, 6.07) is 14.1. The molecule has 1 heterocycles. The summed E-state index contributed by atoms with van der Waals surface area (Å²) in [7, 11) is 1.96. The van der Waals surface area contributed by atoms with Crippen molar-refractivity contribution < 1.29 is 9.90 Å². The fourth-order valence-corrected chi connectivity index (χ4v) is 5.32. The molecule has 1 fully saturated rings. The molecule has 0 bridgehead atoms. The molecule has 0 spiro atoms. The van der Waals surface area contributed by atoms with Gasteiger partial charge in [0.05, 0.1) is 22.7 Å². The average molecular weight is 529 g/mol. The number of carbonyl (C=O) groups excluding carboxylic acids is 1. The van der Waals surface area contributed by atoms with Crippen LogP contribution in [0.3, 0.4) is 0 Å². The number of Topliss-reactive ketones (excluding diaryl/α,β-unsaturated/α-hetero) is 1. The van der Waals surface area contributed by atoms with E-state index in [0.29, 0.717) is 17.2 Å². The molecule has 1 saturated heterocycles. The Bertz CT molecular complexity index is 1020. The molecular weight excluding hydrogens is 490 g/mol. The fourth-order valence-electron chi connectivity index (χ4n) is 4.87. The van der Waals surface area contributed by atoms with Crippen molar-refractivity contribution in [1.29, 1.82) is 0 Å². The van der Waals surface area contributed by atoms with Gasteiger partial charge in [-0.15, -0.1) is 0 Å². The molecule has 2 aromatic rings. The Morgan fingerprint density at radius 2 is 1.65 bits per heavy atom. The Hall–Kier alpha value is -2.18. The zero-order valence-corrected chi connectivity index (χ0v) is 23.0. The van der Waals surface area contributed by atoms with E-state index in [9.17, 15) is 9.90 Å². The summed E-state index contributed by atoms with van der Waals surface area (Å²) < 4.78 is 4.47. The van der Waals surface area contributed by atoms with Crippen molar-refractivity contribution in [1.82, 2.24) is 10.2 Å². The van der Waals surface area contributed by atoms with Crippen LogP contribution in [0.15, 0.2) is 46.5 Å². The number of likely N-dealkylation sites (tertiary alicyclic amines) is 1. The Kier molecular flexibility index (Phi) is 7.93. The fraction of sp³-hybridized carbons (Fsp3) is 0.500. The second-order valence-electron chi connectivity index (χ2n) is 11.4. The average Bonchev–Trinajstić information content (AvgIpc) is 3.09. The zero-order valence-electron chi connectivity index (χ0n) is 21.4. The molecule has 0 aromatic heterocycles. The maximum absolute atomic E-state index is 13.6. The molecule has 0 aliphatic carbocycles. The topological polar surface area (TPSA) is 64.9 Å². The van der Waals surface area contributed by atoms with Gasteiger partial charge in [0, 0.05) is 41.6 Å². The predicted octanol–water partition coefficient (Wildman–Crippen LogP) is 5.81. The monoisotopic (exact) mass is 527 g/mol. The van der Waals surface area contributed by atoms with Crippen molar-refractivity contribution in [3.05, 3.63) is 64.7 Å². The normalized spacial score (nSPS) is 20.2. The third-order valence-corrected chi connectivity index (χ3v) is 6.99. The van der Waals surface area contributed by atoms with E-state index in [1.54, 1.807) is 0 Å². The Morgan fingerprint density at radius 1 is 1.09 bits per heavy atom. The quantitative estimate of drug-likeness (QED) is 0.465. The number of carbonyl (C=O) groups is 1. The van der Waals surface area contributed by atoms with E-state index in [-0.39, 0.29) is 29.1 Å². The molecule has 1 aliphatic rings. The molecule has 2 N–H and O–H groups in total. The lowest BCUT2D eigenvalue weighted by Crippen LogP contribution is -2.33. The lowest BCUT2D eigenvalue weighted by atomic mass is 9.78. The van der Waals surface area contributed by atoms with Gasteiger partial charge < -0.3 is 15.3 Å². The SMILES string of the molecule is CNC[C@H]1CN(CC(=O)c2cc(C(C)(C)C)c(O)c(C(C)(C)C)c2)/C(=N\Br)[C@@H]1c1ccccc1. The number of nitrogens with one attached hydrogen (secondary N) is 1. The molecule has 0 amide bonds. The summed E-state index contributed by atoms with van der Waals surface area (Å²) in [4.78, 5) is 15.7. The minimum atomic E-state index is -0.285. The van der Waals surface area contributed by atoms with E-state index in [2.05, 4.69) is 84.1 Å².